The number of hydrogen-bond acceptors (Lipinski definition) is 4. The molecule has 4 aromatic rings. The first kappa shape index (κ1) is 17.4. The molecule has 1 unspecified atom stereocenters. The van der Waals surface area contributed by atoms with Gasteiger partial charge < -0.3 is 9.73 Å². The summed E-state index contributed by atoms with van der Waals surface area (Å²) in [5, 5.41) is 8.38. The van der Waals surface area contributed by atoms with Gasteiger partial charge in [-0.05, 0) is 38.1 Å². The van der Waals surface area contributed by atoms with E-state index in [9.17, 15) is 9.59 Å². The van der Waals surface area contributed by atoms with Gasteiger partial charge in [0.2, 0.25) is 11.7 Å². The fraction of sp³-hybridized carbons (Fsp3) is 0.174. The Kier molecular flexibility index (Phi) is 3.87. The standard InChI is InChI=1S/C23H19N3O3/c1-13-7-9-16(10-8-13)26-23-21(14(2)25-26)17(12-20(27)24-23)22(28)19-11-15-5-3-4-6-18(15)29-19/h3-11,17H,12H2,1-2H3,(H,24,27). The van der Waals surface area contributed by atoms with Crippen molar-refractivity contribution in [1.82, 2.24) is 9.78 Å². The maximum Gasteiger partial charge on any atom is 0.226 e. The van der Waals surface area contributed by atoms with Gasteiger partial charge in [0.15, 0.2) is 5.76 Å². The molecule has 0 fully saturated rings. The van der Waals surface area contributed by atoms with Gasteiger partial charge in [-0.15, -0.1) is 0 Å². The van der Waals surface area contributed by atoms with Gasteiger partial charge in [-0.2, -0.15) is 5.10 Å². The number of ketones is 1. The lowest BCUT2D eigenvalue weighted by molar-refractivity contribution is -0.116. The van der Waals surface area contributed by atoms with E-state index in [1.165, 1.54) is 0 Å². The molecule has 144 valence electrons. The third-order valence-corrected chi connectivity index (χ3v) is 5.37. The zero-order valence-corrected chi connectivity index (χ0v) is 16.1. The van der Waals surface area contributed by atoms with Crippen LogP contribution in [-0.2, 0) is 4.79 Å². The SMILES string of the molecule is Cc1ccc(-n2nc(C)c3c2NC(=O)CC3C(=O)c2cc3ccccc3o2)cc1. The molecule has 3 heterocycles. The molecule has 0 saturated heterocycles. The van der Waals surface area contributed by atoms with Gasteiger partial charge in [-0.25, -0.2) is 4.68 Å². The van der Waals surface area contributed by atoms with E-state index in [1.54, 1.807) is 10.7 Å². The van der Waals surface area contributed by atoms with Crippen LogP contribution in [0.4, 0.5) is 5.82 Å². The smallest absolute Gasteiger partial charge is 0.226 e. The van der Waals surface area contributed by atoms with Crippen molar-refractivity contribution in [3.8, 4) is 5.69 Å². The second-order valence-electron chi connectivity index (χ2n) is 7.41. The van der Waals surface area contributed by atoms with Crippen molar-refractivity contribution in [1.29, 1.82) is 0 Å². The van der Waals surface area contributed by atoms with Gasteiger partial charge in [0, 0.05) is 17.4 Å². The minimum Gasteiger partial charge on any atom is -0.453 e. The highest BCUT2D eigenvalue weighted by Gasteiger charge is 2.37. The summed E-state index contributed by atoms with van der Waals surface area (Å²) < 4.78 is 7.46. The van der Waals surface area contributed by atoms with Crippen molar-refractivity contribution in [2.45, 2.75) is 26.2 Å². The number of hydrogen-bond donors (Lipinski definition) is 1. The predicted octanol–water partition coefficient (Wildman–Crippen LogP) is 4.54. The number of benzene rings is 2. The Bertz CT molecular complexity index is 1230. The molecule has 2 aromatic heterocycles. The molecule has 1 amide bonds. The first-order valence-electron chi connectivity index (χ1n) is 9.50. The van der Waals surface area contributed by atoms with Crippen molar-refractivity contribution in [2.24, 2.45) is 0 Å². The largest absolute Gasteiger partial charge is 0.453 e. The van der Waals surface area contributed by atoms with E-state index in [4.69, 9.17) is 4.42 Å². The Morgan fingerprint density at radius 1 is 1.14 bits per heavy atom. The zero-order valence-electron chi connectivity index (χ0n) is 16.1. The molecule has 0 bridgehead atoms. The number of para-hydroxylation sites is 1. The van der Waals surface area contributed by atoms with Crippen LogP contribution in [0.3, 0.4) is 0 Å². The number of aryl methyl sites for hydroxylation is 2. The molecule has 1 aliphatic heterocycles. The van der Waals surface area contributed by atoms with Gasteiger partial charge in [0.05, 0.1) is 17.3 Å². The van der Waals surface area contributed by atoms with Crippen LogP contribution < -0.4 is 5.32 Å². The number of nitrogens with one attached hydrogen (secondary N) is 1. The molecule has 6 nitrogen and oxygen atoms in total. The summed E-state index contributed by atoms with van der Waals surface area (Å²) in [7, 11) is 0. The highest BCUT2D eigenvalue weighted by molar-refractivity contribution is 6.08. The van der Waals surface area contributed by atoms with Crippen molar-refractivity contribution >= 4 is 28.5 Å². The second-order valence-corrected chi connectivity index (χ2v) is 7.41. The minimum atomic E-state index is -0.626. The average Bonchev–Trinajstić information content (AvgIpc) is 3.29. The molecule has 0 aliphatic carbocycles. The number of furan rings is 1. The van der Waals surface area contributed by atoms with Gasteiger partial charge in [-0.1, -0.05) is 35.9 Å². The Balaban J connectivity index is 1.61. The predicted molar refractivity (Wildman–Crippen MR) is 110 cm³/mol. The number of aromatic nitrogens is 2. The number of anilines is 1. The van der Waals surface area contributed by atoms with E-state index in [0.29, 0.717) is 11.4 Å². The van der Waals surface area contributed by atoms with Gasteiger partial charge in [0.25, 0.3) is 0 Å². The van der Waals surface area contributed by atoms with Crippen LogP contribution in [0.15, 0.2) is 59.0 Å². The fourth-order valence-corrected chi connectivity index (χ4v) is 3.92. The fourth-order valence-electron chi connectivity index (χ4n) is 3.92. The summed E-state index contributed by atoms with van der Waals surface area (Å²) in [4.78, 5) is 25.8. The molecule has 1 N–H and O–H groups in total. The normalized spacial score (nSPS) is 15.9. The third kappa shape index (κ3) is 2.84. The van der Waals surface area contributed by atoms with Gasteiger partial charge in [-0.3, -0.25) is 9.59 Å². The summed E-state index contributed by atoms with van der Waals surface area (Å²) in [6, 6.07) is 17.1. The molecular weight excluding hydrogens is 366 g/mol. The number of fused-ring (bicyclic) bond motifs is 2. The van der Waals surface area contributed by atoms with Crippen LogP contribution in [-0.4, -0.2) is 21.5 Å². The molecule has 0 spiro atoms. The molecule has 6 heteroatoms. The molecule has 5 rings (SSSR count). The lowest BCUT2D eigenvalue weighted by Gasteiger charge is -2.22. The lowest BCUT2D eigenvalue weighted by Crippen LogP contribution is -2.28. The van der Waals surface area contributed by atoms with Crippen molar-refractivity contribution in [3.63, 3.8) is 0 Å². The van der Waals surface area contributed by atoms with Crippen LogP contribution in [0.2, 0.25) is 0 Å². The molecule has 29 heavy (non-hydrogen) atoms. The average molecular weight is 385 g/mol. The van der Waals surface area contributed by atoms with Gasteiger partial charge >= 0.3 is 0 Å². The topological polar surface area (TPSA) is 77.1 Å². The number of rotatable bonds is 3. The Morgan fingerprint density at radius 3 is 2.66 bits per heavy atom. The lowest BCUT2D eigenvalue weighted by atomic mass is 9.87. The van der Waals surface area contributed by atoms with Crippen molar-refractivity contribution in [2.75, 3.05) is 5.32 Å². The van der Waals surface area contributed by atoms with Crippen LogP contribution in [0.25, 0.3) is 16.7 Å². The summed E-state index contributed by atoms with van der Waals surface area (Å²) in [6.45, 7) is 3.87. The van der Waals surface area contributed by atoms with Gasteiger partial charge in [0.1, 0.15) is 11.4 Å². The molecule has 1 atom stereocenters. The van der Waals surface area contributed by atoms with E-state index in [2.05, 4.69) is 10.4 Å². The molecule has 0 radical (unpaired) electrons. The van der Waals surface area contributed by atoms with E-state index in [-0.39, 0.29) is 23.9 Å². The van der Waals surface area contributed by atoms with E-state index in [0.717, 1.165) is 27.9 Å². The monoisotopic (exact) mass is 385 g/mol. The maximum absolute atomic E-state index is 13.3. The van der Waals surface area contributed by atoms with Crippen LogP contribution >= 0.6 is 0 Å². The zero-order chi connectivity index (χ0) is 20.1. The summed E-state index contributed by atoms with van der Waals surface area (Å²) in [6.07, 6.45) is 0.0727. The Morgan fingerprint density at radius 2 is 1.90 bits per heavy atom. The third-order valence-electron chi connectivity index (χ3n) is 5.37. The Hall–Kier alpha value is -3.67. The Labute approximate surface area is 167 Å². The van der Waals surface area contributed by atoms with Crippen LogP contribution in [0, 0.1) is 13.8 Å². The number of carbonyl (C=O) groups is 2. The first-order chi connectivity index (χ1) is 14.0. The number of amides is 1. The molecular formula is C23H19N3O3. The second kappa shape index (κ2) is 6.44. The molecule has 0 saturated carbocycles. The minimum absolute atomic E-state index is 0.0727. The first-order valence-corrected chi connectivity index (χ1v) is 9.50. The highest BCUT2D eigenvalue weighted by atomic mass is 16.3. The van der Waals surface area contributed by atoms with E-state index >= 15 is 0 Å². The number of carbonyl (C=O) groups excluding carboxylic acids is 2. The quantitative estimate of drug-likeness (QED) is 0.525. The number of nitrogens with zero attached hydrogens (tertiary/aromatic N) is 2. The van der Waals surface area contributed by atoms with E-state index < -0.39 is 5.92 Å². The number of Topliss-reactive ketones (excluding diaryl/α,β-unsaturated/α-hetero) is 1. The van der Waals surface area contributed by atoms with Crippen LogP contribution in [0.5, 0.6) is 0 Å². The van der Waals surface area contributed by atoms with Crippen molar-refractivity contribution < 1.29 is 14.0 Å². The summed E-state index contributed by atoms with van der Waals surface area (Å²) >= 11 is 0. The molecule has 2 aromatic carbocycles. The van der Waals surface area contributed by atoms with E-state index in [1.807, 2.05) is 62.4 Å². The molecule has 1 aliphatic rings. The van der Waals surface area contributed by atoms with Crippen LogP contribution in [0.1, 0.15) is 39.7 Å². The van der Waals surface area contributed by atoms with Crippen molar-refractivity contribution in [3.05, 3.63) is 77.2 Å². The summed E-state index contributed by atoms with van der Waals surface area (Å²) in [5.74, 6) is -0.223. The highest BCUT2D eigenvalue weighted by Crippen LogP contribution is 2.38. The maximum atomic E-state index is 13.3. The summed E-state index contributed by atoms with van der Waals surface area (Å²) in [5.41, 5.74) is 4.08.